The first-order chi connectivity index (χ1) is 13.0. The molecule has 7 nitrogen and oxygen atoms in total. The predicted octanol–water partition coefficient (Wildman–Crippen LogP) is 3.81. The van der Waals surface area contributed by atoms with E-state index in [1.54, 1.807) is 27.7 Å². The quantitative estimate of drug-likeness (QED) is 0.729. The topological polar surface area (TPSA) is 85.8 Å². The van der Waals surface area contributed by atoms with Crippen molar-refractivity contribution in [3.63, 3.8) is 0 Å². The van der Waals surface area contributed by atoms with E-state index in [-0.39, 0.29) is 11.5 Å². The number of aryl methyl sites for hydroxylation is 2. The zero-order chi connectivity index (χ0) is 20.7. The van der Waals surface area contributed by atoms with Gasteiger partial charge in [0.25, 0.3) is 0 Å². The van der Waals surface area contributed by atoms with Gasteiger partial charge in [0, 0.05) is 5.56 Å². The molecular weight excluding hydrogens is 375 g/mol. The van der Waals surface area contributed by atoms with Gasteiger partial charge in [0.1, 0.15) is 5.76 Å². The van der Waals surface area contributed by atoms with Gasteiger partial charge >= 0.3 is 6.18 Å². The summed E-state index contributed by atoms with van der Waals surface area (Å²) in [6.07, 6.45) is -3.32. The molecule has 1 N–H and O–H groups in total. The van der Waals surface area contributed by atoms with E-state index < -0.39 is 23.1 Å². The molecule has 0 aliphatic rings. The summed E-state index contributed by atoms with van der Waals surface area (Å²) < 4.78 is 45.7. The van der Waals surface area contributed by atoms with Gasteiger partial charge in [-0.2, -0.15) is 13.2 Å². The second-order valence-corrected chi connectivity index (χ2v) is 6.84. The minimum atomic E-state index is -4.54. The lowest BCUT2D eigenvalue weighted by molar-refractivity contribution is -0.137. The summed E-state index contributed by atoms with van der Waals surface area (Å²) in [5.74, 6) is 0.125. The van der Waals surface area contributed by atoms with E-state index >= 15 is 0 Å². The minimum Gasteiger partial charge on any atom is -0.361 e. The Hall–Kier alpha value is -3.17. The molecule has 0 aliphatic heterocycles. The van der Waals surface area contributed by atoms with Gasteiger partial charge < -0.3 is 9.84 Å². The van der Waals surface area contributed by atoms with Gasteiger partial charge in [-0.25, -0.2) is 4.68 Å². The SMILES string of the molecule is Cc1noc(C)c1C(C)(C)C(=O)Nc1cn(-c2ccccc2C(F)(F)F)nn1. The van der Waals surface area contributed by atoms with Crippen LogP contribution in [0.5, 0.6) is 0 Å². The predicted molar refractivity (Wildman–Crippen MR) is 94.0 cm³/mol. The fraction of sp³-hybridized carbons (Fsp3) is 0.333. The Labute approximate surface area is 158 Å². The van der Waals surface area contributed by atoms with E-state index in [1.165, 1.54) is 24.4 Å². The lowest BCUT2D eigenvalue weighted by Gasteiger charge is -2.22. The Balaban J connectivity index is 1.87. The monoisotopic (exact) mass is 393 g/mol. The smallest absolute Gasteiger partial charge is 0.361 e. The Morgan fingerprint density at radius 2 is 1.86 bits per heavy atom. The average Bonchev–Trinajstić information content (AvgIpc) is 3.20. The number of aromatic nitrogens is 4. The molecule has 2 aromatic heterocycles. The molecule has 1 amide bonds. The van der Waals surface area contributed by atoms with Crippen LogP contribution in [0, 0.1) is 13.8 Å². The first kappa shape index (κ1) is 19.6. The highest BCUT2D eigenvalue weighted by Crippen LogP contribution is 2.34. The van der Waals surface area contributed by atoms with Crippen molar-refractivity contribution >= 4 is 11.7 Å². The lowest BCUT2D eigenvalue weighted by atomic mass is 9.82. The largest absolute Gasteiger partial charge is 0.418 e. The molecule has 148 valence electrons. The summed E-state index contributed by atoms with van der Waals surface area (Å²) in [5, 5.41) is 13.9. The van der Waals surface area contributed by atoms with Gasteiger partial charge in [0.15, 0.2) is 5.82 Å². The highest BCUT2D eigenvalue weighted by atomic mass is 19.4. The van der Waals surface area contributed by atoms with Crippen LogP contribution in [-0.4, -0.2) is 26.1 Å². The number of carbonyl (C=O) groups excluding carboxylic acids is 1. The summed E-state index contributed by atoms with van der Waals surface area (Å²) in [4.78, 5) is 12.8. The number of nitrogens with one attached hydrogen (secondary N) is 1. The number of para-hydroxylation sites is 1. The van der Waals surface area contributed by atoms with Crippen LogP contribution in [-0.2, 0) is 16.4 Å². The number of halogens is 3. The Bertz CT molecular complexity index is 1000. The van der Waals surface area contributed by atoms with Crippen molar-refractivity contribution in [1.29, 1.82) is 0 Å². The summed E-state index contributed by atoms with van der Waals surface area (Å²) in [7, 11) is 0. The standard InChI is InChI=1S/C18H18F3N5O2/c1-10-15(11(2)28-24-10)17(3,4)16(27)22-14-9-26(25-23-14)13-8-6-5-7-12(13)18(19,20)21/h5-9H,1-4H3,(H,22,27). The molecule has 0 bridgehead atoms. The second-order valence-electron chi connectivity index (χ2n) is 6.84. The number of alkyl halides is 3. The number of hydrogen-bond acceptors (Lipinski definition) is 5. The zero-order valence-corrected chi connectivity index (χ0v) is 15.6. The molecule has 0 radical (unpaired) electrons. The highest BCUT2D eigenvalue weighted by Gasteiger charge is 2.36. The molecule has 0 saturated carbocycles. The number of nitrogens with zero attached hydrogens (tertiary/aromatic N) is 4. The molecule has 28 heavy (non-hydrogen) atoms. The number of benzene rings is 1. The highest BCUT2D eigenvalue weighted by molar-refractivity contribution is 5.98. The summed E-state index contributed by atoms with van der Waals surface area (Å²) in [5.41, 5.74) is -0.816. The van der Waals surface area contributed by atoms with Crippen LogP contribution in [0.15, 0.2) is 35.0 Å². The van der Waals surface area contributed by atoms with Crippen LogP contribution in [0.1, 0.15) is 36.4 Å². The normalized spacial score (nSPS) is 12.2. The van der Waals surface area contributed by atoms with Crippen molar-refractivity contribution in [3.8, 4) is 5.69 Å². The third-order valence-corrected chi connectivity index (χ3v) is 4.42. The van der Waals surface area contributed by atoms with E-state index in [0.717, 1.165) is 10.7 Å². The van der Waals surface area contributed by atoms with Crippen molar-refractivity contribution in [2.45, 2.75) is 39.3 Å². The maximum Gasteiger partial charge on any atom is 0.418 e. The maximum atomic E-state index is 13.2. The fourth-order valence-corrected chi connectivity index (χ4v) is 3.11. The van der Waals surface area contributed by atoms with E-state index in [1.807, 2.05) is 0 Å². The van der Waals surface area contributed by atoms with Gasteiger partial charge in [-0.1, -0.05) is 22.5 Å². The molecule has 0 aliphatic carbocycles. The van der Waals surface area contributed by atoms with Crippen LogP contribution in [0.25, 0.3) is 5.69 Å². The minimum absolute atomic E-state index is 0.0295. The first-order valence-corrected chi connectivity index (χ1v) is 8.35. The molecule has 2 heterocycles. The van der Waals surface area contributed by atoms with Crippen molar-refractivity contribution < 1.29 is 22.5 Å². The number of anilines is 1. The van der Waals surface area contributed by atoms with E-state index in [0.29, 0.717) is 17.0 Å². The molecule has 3 aromatic rings. The Morgan fingerprint density at radius 1 is 1.18 bits per heavy atom. The molecule has 0 atom stereocenters. The van der Waals surface area contributed by atoms with Crippen LogP contribution in [0.3, 0.4) is 0 Å². The summed E-state index contributed by atoms with van der Waals surface area (Å²) in [6.45, 7) is 6.82. The van der Waals surface area contributed by atoms with Crippen LogP contribution in [0.4, 0.5) is 19.0 Å². The van der Waals surface area contributed by atoms with Gasteiger partial charge in [-0.15, -0.1) is 5.10 Å². The Kier molecular flexibility index (Phi) is 4.74. The molecule has 3 rings (SSSR count). The molecule has 0 saturated heterocycles. The lowest BCUT2D eigenvalue weighted by Crippen LogP contribution is -2.35. The average molecular weight is 393 g/mol. The van der Waals surface area contributed by atoms with Gasteiger partial charge in [-0.3, -0.25) is 4.79 Å². The van der Waals surface area contributed by atoms with Crippen LogP contribution >= 0.6 is 0 Å². The molecule has 1 aromatic carbocycles. The van der Waals surface area contributed by atoms with E-state index in [4.69, 9.17) is 4.52 Å². The number of rotatable bonds is 4. The first-order valence-electron chi connectivity index (χ1n) is 8.35. The van der Waals surface area contributed by atoms with Gasteiger partial charge in [-0.05, 0) is 39.8 Å². The molecule has 0 unspecified atom stereocenters. The van der Waals surface area contributed by atoms with Gasteiger partial charge in [0.05, 0.1) is 28.6 Å². The number of hydrogen-bond donors (Lipinski definition) is 1. The van der Waals surface area contributed by atoms with E-state index in [9.17, 15) is 18.0 Å². The van der Waals surface area contributed by atoms with E-state index in [2.05, 4.69) is 20.8 Å². The van der Waals surface area contributed by atoms with Crippen molar-refractivity contribution in [1.82, 2.24) is 20.2 Å². The van der Waals surface area contributed by atoms with Crippen LogP contribution < -0.4 is 5.32 Å². The van der Waals surface area contributed by atoms with Crippen molar-refractivity contribution in [2.24, 2.45) is 0 Å². The summed E-state index contributed by atoms with van der Waals surface area (Å²) >= 11 is 0. The maximum absolute atomic E-state index is 13.2. The molecule has 0 fully saturated rings. The Morgan fingerprint density at radius 3 is 2.46 bits per heavy atom. The number of carbonyl (C=O) groups is 1. The second kappa shape index (κ2) is 6.77. The van der Waals surface area contributed by atoms with Crippen molar-refractivity contribution in [3.05, 3.63) is 53.0 Å². The van der Waals surface area contributed by atoms with Gasteiger partial charge in [0.2, 0.25) is 5.91 Å². The number of amides is 1. The van der Waals surface area contributed by atoms with Crippen LogP contribution in [0.2, 0.25) is 0 Å². The third-order valence-electron chi connectivity index (χ3n) is 4.42. The zero-order valence-electron chi connectivity index (χ0n) is 15.6. The van der Waals surface area contributed by atoms with Crippen molar-refractivity contribution in [2.75, 3.05) is 5.32 Å². The molecule has 0 spiro atoms. The fourth-order valence-electron chi connectivity index (χ4n) is 3.11. The third kappa shape index (κ3) is 3.49. The molecule has 10 heteroatoms. The summed E-state index contributed by atoms with van der Waals surface area (Å²) in [6, 6.07) is 4.98. The molecular formula is C18H18F3N5O2.